The van der Waals surface area contributed by atoms with Crippen LogP contribution < -0.4 is 0 Å². The number of aromatic nitrogens is 2. The molecule has 0 spiro atoms. The number of para-hydroxylation sites is 2. The minimum Gasteiger partial charge on any atom is -0.337 e. The first-order chi connectivity index (χ1) is 12.4. The number of hydrogen-bond acceptors (Lipinski definition) is 4. The zero-order valence-corrected chi connectivity index (χ0v) is 14.3. The zero-order chi connectivity index (χ0) is 16.9. The van der Waals surface area contributed by atoms with E-state index in [1.54, 1.807) is 17.6 Å². The first kappa shape index (κ1) is 15.5. The van der Waals surface area contributed by atoms with Crippen LogP contribution in [0.5, 0.6) is 0 Å². The van der Waals surface area contributed by atoms with E-state index in [1.807, 2.05) is 60.0 Å². The number of nitrogens with zero attached hydrogens (tertiary/aromatic N) is 3. The molecule has 4 rings (SSSR count). The Labute approximate surface area is 149 Å². The van der Waals surface area contributed by atoms with Gasteiger partial charge in [0.2, 0.25) is 0 Å². The van der Waals surface area contributed by atoms with Crippen molar-refractivity contribution in [1.29, 1.82) is 0 Å². The average Bonchev–Trinajstić information content (AvgIpc) is 3.31. The Morgan fingerprint density at radius 1 is 1.00 bits per heavy atom. The maximum absolute atomic E-state index is 4.67. The van der Waals surface area contributed by atoms with Gasteiger partial charge in [0.25, 0.3) is 0 Å². The average molecular weight is 344 g/mol. The predicted molar refractivity (Wildman–Crippen MR) is 105 cm³/mol. The molecule has 0 amide bonds. The van der Waals surface area contributed by atoms with Crippen LogP contribution in [0, 0.1) is 0 Å². The van der Waals surface area contributed by atoms with Gasteiger partial charge in [-0.05, 0) is 29.1 Å². The Balaban J connectivity index is 1.69. The monoisotopic (exact) mass is 344 g/mol. The van der Waals surface area contributed by atoms with Crippen LogP contribution in [0.2, 0.25) is 0 Å². The molecule has 0 aliphatic carbocycles. The van der Waals surface area contributed by atoms with E-state index < -0.39 is 0 Å². The molecule has 0 unspecified atom stereocenters. The standard InChI is InChI=1S/C20H16N4S/c1-2-7-15(8-3-1)13-19(24-21-14-16-9-6-12-25-16)20-22-17-10-4-5-11-18(17)23-20/h1-12,14H,13H2,(H,22,23)/b21-14+,24-19-. The van der Waals surface area contributed by atoms with Crippen molar-refractivity contribution in [1.82, 2.24) is 9.97 Å². The van der Waals surface area contributed by atoms with E-state index in [2.05, 4.69) is 32.3 Å². The molecule has 0 bridgehead atoms. The second-order valence-electron chi connectivity index (χ2n) is 5.57. The molecule has 2 heterocycles. The molecule has 0 saturated carbocycles. The summed E-state index contributed by atoms with van der Waals surface area (Å²) in [6, 6.07) is 22.2. The maximum Gasteiger partial charge on any atom is 0.155 e. The SMILES string of the molecule is C(=N\N=C(\Cc1ccccc1)c1nc2ccccc2[nH]1)/c1cccs1. The Kier molecular flexibility index (Phi) is 4.48. The van der Waals surface area contributed by atoms with E-state index >= 15 is 0 Å². The number of thiophene rings is 1. The van der Waals surface area contributed by atoms with Crippen molar-refractivity contribution in [2.24, 2.45) is 10.2 Å². The number of fused-ring (bicyclic) bond motifs is 1. The lowest BCUT2D eigenvalue weighted by atomic mass is 10.1. The third-order valence-electron chi connectivity index (χ3n) is 3.78. The Morgan fingerprint density at radius 2 is 1.84 bits per heavy atom. The van der Waals surface area contributed by atoms with E-state index in [4.69, 9.17) is 0 Å². The molecule has 4 nitrogen and oxygen atoms in total. The predicted octanol–water partition coefficient (Wildman–Crippen LogP) is 4.69. The quantitative estimate of drug-likeness (QED) is 0.414. The van der Waals surface area contributed by atoms with Crippen molar-refractivity contribution in [2.45, 2.75) is 6.42 Å². The molecule has 122 valence electrons. The second kappa shape index (κ2) is 7.23. The number of H-pyrrole nitrogens is 1. The smallest absolute Gasteiger partial charge is 0.155 e. The van der Waals surface area contributed by atoms with Gasteiger partial charge in [-0.15, -0.1) is 11.3 Å². The summed E-state index contributed by atoms with van der Waals surface area (Å²) in [5.74, 6) is 0.758. The zero-order valence-electron chi connectivity index (χ0n) is 13.5. The van der Waals surface area contributed by atoms with Gasteiger partial charge in [-0.2, -0.15) is 10.2 Å². The highest BCUT2D eigenvalue weighted by atomic mass is 32.1. The first-order valence-corrected chi connectivity index (χ1v) is 8.89. The summed E-state index contributed by atoms with van der Waals surface area (Å²) in [5, 5.41) is 10.8. The Bertz CT molecular complexity index is 981. The highest BCUT2D eigenvalue weighted by molar-refractivity contribution is 7.11. The van der Waals surface area contributed by atoms with Crippen molar-refractivity contribution in [2.75, 3.05) is 0 Å². The fourth-order valence-corrected chi connectivity index (χ4v) is 3.14. The van der Waals surface area contributed by atoms with Crippen molar-refractivity contribution in [3.05, 3.63) is 88.4 Å². The van der Waals surface area contributed by atoms with E-state index in [-0.39, 0.29) is 0 Å². The molecule has 2 aromatic heterocycles. The summed E-state index contributed by atoms with van der Waals surface area (Å²) in [6.45, 7) is 0. The van der Waals surface area contributed by atoms with Gasteiger partial charge in [0.05, 0.1) is 17.2 Å². The summed E-state index contributed by atoms with van der Waals surface area (Å²) >= 11 is 1.64. The molecule has 0 saturated heterocycles. The first-order valence-electron chi connectivity index (χ1n) is 8.01. The fourth-order valence-electron chi connectivity index (χ4n) is 2.57. The molecule has 0 fully saturated rings. The van der Waals surface area contributed by atoms with E-state index in [0.717, 1.165) is 27.4 Å². The third kappa shape index (κ3) is 3.72. The Morgan fingerprint density at radius 3 is 2.64 bits per heavy atom. The van der Waals surface area contributed by atoms with Gasteiger partial charge in [0, 0.05) is 11.3 Å². The van der Waals surface area contributed by atoms with E-state index in [0.29, 0.717) is 6.42 Å². The van der Waals surface area contributed by atoms with Gasteiger partial charge in [0.15, 0.2) is 5.82 Å². The number of imidazole rings is 1. The molecule has 2 aromatic carbocycles. The van der Waals surface area contributed by atoms with Crippen LogP contribution in [0.4, 0.5) is 0 Å². The van der Waals surface area contributed by atoms with Crippen LogP contribution in [0.3, 0.4) is 0 Å². The van der Waals surface area contributed by atoms with Gasteiger partial charge in [0.1, 0.15) is 5.71 Å². The third-order valence-corrected chi connectivity index (χ3v) is 4.59. The molecular formula is C20H16N4S. The highest BCUT2D eigenvalue weighted by Gasteiger charge is 2.10. The summed E-state index contributed by atoms with van der Waals surface area (Å²) < 4.78 is 0. The van der Waals surface area contributed by atoms with Crippen molar-refractivity contribution in [3.8, 4) is 0 Å². The minimum absolute atomic E-state index is 0.669. The Hall–Kier alpha value is -3.05. The van der Waals surface area contributed by atoms with Crippen molar-refractivity contribution in [3.63, 3.8) is 0 Å². The highest BCUT2D eigenvalue weighted by Crippen LogP contribution is 2.13. The topological polar surface area (TPSA) is 53.4 Å². The molecule has 1 N–H and O–H groups in total. The number of hydrogen-bond donors (Lipinski definition) is 1. The van der Waals surface area contributed by atoms with Gasteiger partial charge in [-0.25, -0.2) is 4.98 Å². The van der Waals surface area contributed by atoms with Crippen LogP contribution in [0.1, 0.15) is 16.3 Å². The number of benzene rings is 2. The fraction of sp³-hybridized carbons (Fsp3) is 0.0500. The molecule has 0 radical (unpaired) electrons. The second-order valence-corrected chi connectivity index (χ2v) is 6.55. The molecule has 0 aliphatic heterocycles. The van der Waals surface area contributed by atoms with Gasteiger partial charge < -0.3 is 4.98 Å². The van der Waals surface area contributed by atoms with Crippen LogP contribution in [0.15, 0.2) is 82.3 Å². The van der Waals surface area contributed by atoms with Crippen molar-refractivity contribution < 1.29 is 0 Å². The largest absolute Gasteiger partial charge is 0.337 e. The molecule has 4 aromatic rings. The van der Waals surface area contributed by atoms with Crippen LogP contribution in [-0.4, -0.2) is 21.9 Å². The van der Waals surface area contributed by atoms with E-state index in [1.165, 1.54) is 5.56 Å². The lowest BCUT2D eigenvalue weighted by Gasteiger charge is -2.02. The summed E-state index contributed by atoms with van der Waals surface area (Å²) in [4.78, 5) is 9.09. The summed E-state index contributed by atoms with van der Waals surface area (Å²) in [6.07, 6.45) is 2.45. The molecule has 5 heteroatoms. The van der Waals surface area contributed by atoms with Crippen LogP contribution in [0.25, 0.3) is 11.0 Å². The number of aromatic amines is 1. The number of rotatable bonds is 5. The van der Waals surface area contributed by atoms with Gasteiger partial charge in [-0.1, -0.05) is 48.5 Å². The van der Waals surface area contributed by atoms with Crippen LogP contribution >= 0.6 is 11.3 Å². The molecule has 25 heavy (non-hydrogen) atoms. The molecule has 0 atom stereocenters. The summed E-state index contributed by atoms with van der Waals surface area (Å²) in [7, 11) is 0. The maximum atomic E-state index is 4.67. The molecule has 0 aliphatic rings. The van der Waals surface area contributed by atoms with Gasteiger partial charge >= 0.3 is 0 Å². The lowest BCUT2D eigenvalue weighted by Crippen LogP contribution is -2.07. The minimum atomic E-state index is 0.669. The lowest BCUT2D eigenvalue weighted by molar-refractivity contribution is 1.15. The summed E-state index contributed by atoms with van der Waals surface area (Å²) in [5.41, 5.74) is 3.92. The van der Waals surface area contributed by atoms with Crippen LogP contribution in [-0.2, 0) is 6.42 Å². The normalized spacial score (nSPS) is 12.2. The van der Waals surface area contributed by atoms with E-state index in [9.17, 15) is 0 Å². The van der Waals surface area contributed by atoms with Crippen molar-refractivity contribution >= 4 is 34.3 Å². The van der Waals surface area contributed by atoms with Gasteiger partial charge in [-0.3, -0.25) is 0 Å². The number of nitrogens with one attached hydrogen (secondary N) is 1. The molecular weight excluding hydrogens is 328 g/mol.